The standard InChI is InChI=1S/C16H18O2.C13H11F4N3O4/c1-17-15-10-6-7-11-16(12-15)18-13-14-8-4-2-3-5-9-14;1-18(10-4-3-8(20(23)24)7-9(10)14)12(22)19(2)11(5-6-21)13(15,16)17/h2-12,14-15H,13H2,1H3;3-7H,1-2H3/b;11-5-. The number of allylic oxidation sites excluding steroid dienone is 9. The van der Waals surface area contributed by atoms with Crippen LogP contribution in [0.15, 0.2) is 103 Å². The molecule has 0 radical (unpaired) electrons. The van der Waals surface area contributed by atoms with E-state index in [4.69, 9.17) is 9.47 Å². The van der Waals surface area contributed by atoms with Gasteiger partial charge in [0.2, 0.25) is 0 Å². The maximum absolute atomic E-state index is 13.9. The molecule has 1 aromatic rings. The molecule has 42 heavy (non-hydrogen) atoms. The molecule has 0 heterocycles. The van der Waals surface area contributed by atoms with Gasteiger partial charge in [-0.1, -0.05) is 54.7 Å². The number of amides is 2. The van der Waals surface area contributed by atoms with Crippen LogP contribution in [-0.4, -0.2) is 62.2 Å². The molecule has 2 aliphatic carbocycles. The number of carbonyl (C=O) groups is 2. The van der Waals surface area contributed by atoms with Gasteiger partial charge < -0.3 is 9.47 Å². The van der Waals surface area contributed by atoms with E-state index in [1.165, 1.54) is 0 Å². The first-order valence-electron chi connectivity index (χ1n) is 12.3. The number of anilines is 1. The van der Waals surface area contributed by atoms with Gasteiger partial charge in [-0.15, -0.1) is 0 Å². The Bertz CT molecular complexity index is 1330. The van der Waals surface area contributed by atoms with E-state index in [1.807, 2.05) is 54.7 Å². The monoisotopic (exact) mass is 591 g/mol. The molecule has 0 fully saturated rings. The first kappa shape index (κ1) is 33.4. The quantitative estimate of drug-likeness (QED) is 0.117. The molecule has 2 aliphatic rings. The summed E-state index contributed by atoms with van der Waals surface area (Å²) in [6, 6.07) is 1.02. The highest BCUT2D eigenvalue weighted by atomic mass is 19.4. The molecule has 2 amide bonds. The Kier molecular flexibility index (Phi) is 12.6. The van der Waals surface area contributed by atoms with Crippen LogP contribution in [0, 0.1) is 21.8 Å². The Morgan fingerprint density at radius 3 is 2.26 bits per heavy atom. The normalized spacial score (nSPS) is 16.5. The lowest BCUT2D eigenvalue weighted by molar-refractivity contribution is -0.385. The van der Waals surface area contributed by atoms with Gasteiger partial charge in [-0.25, -0.2) is 9.18 Å². The molecular weight excluding hydrogens is 562 g/mol. The fourth-order valence-electron chi connectivity index (χ4n) is 3.52. The summed E-state index contributed by atoms with van der Waals surface area (Å²) >= 11 is 0. The van der Waals surface area contributed by atoms with Crippen LogP contribution in [0.4, 0.5) is 33.7 Å². The highest BCUT2D eigenvalue weighted by Crippen LogP contribution is 2.30. The minimum absolute atomic E-state index is 0.0168. The highest BCUT2D eigenvalue weighted by molar-refractivity contribution is 5.93. The molecule has 3 rings (SSSR count). The molecule has 0 saturated carbocycles. The first-order valence-corrected chi connectivity index (χ1v) is 12.3. The van der Waals surface area contributed by atoms with E-state index in [1.54, 1.807) is 7.11 Å². The molecule has 9 nitrogen and oxygen atoms in total. The summed E-state index contributed by atoms with van der Waals surface area (Å²) in [5.74, 6) is -0.00117. The van der Waals surface area contributed by atoms with Crippen LogP contribution in [0.2, 0.25) is 0 Å². The number of carbonyl (C=O) groups excluding carboxylic acids is 2. The van der Waals surface area contributed by atoms with E-state index >= 15 is 0 Å². The fraction of sp³-hybridized carbons (Fsp3) is 0.241. The number of benzene rings is 1. The third kappa shape index (κ3) is 10.0. The number of methoxy groups -OCH3 is 1. The van der Waals surface area contributed by atoms with Crippen LogP contribution in [0.3, 0.4) is 0 Å². The summed E-state index contributed by atoms with van der Waals surface area (Å²) < 4.78 is 63.4. The van der Waals surface area contributed by atoms with Crippen molar-refractivity contribution in [1.29, 1.82) is 0 Å². The number of hydrogen-bond donors (Lipinski definition) is 0. The Balaban J connectivity index is 0.000000305. The number of nitro benzene ring substituents is 1. The van der Waals surface area contributed by atoms with Gasteiger partial charge in [0, 0.05) is 39.3 Å². The molecule has 1 atom stereocenters. The SMILES string of the molecule is CN(C(=O)N(C)c1ccc([N+](=O)[O-])cc1F)/C(=C\C=O)C(F)(F)F.COC1C=CC=CC(OCC2C=CC=CC=C2)=C1. The largest absolute Gasteiger partial charge is 0.493 e. The Labute approximate surface area is 239 Å². The molecule has 224 valence electrons. The molecule has 0 saturated heterocycles. The van der Waals surface area contributed by atoms with Crippen LogP contribution in [-0.2, 0) is 14.3 Å². The predicted octanol–water partition coefficient (Wildman–Crippen LogP) is 6.19. The number of nitro groups is 1. The van der Waals surface area contributed by atoms with Gasteiger partial charge in [-0.2, -0.15) is 13.2 Å². The maximum atomic E-state index is 13.9. The van der Waals surface area contributed by atoms with Crippen molar-refractivity contribution in [3.05, 3.63) is 118 Å². The molecule has 0 aromatic heterocycles. The van der Waals surface area contributed by atoms with Crippen molar-refractivity contribution in [3.63, 3.8) is 0 Å². The highest BCUT2D eigenvalue weighted by Gasteiger charge is 2.39. The summed E-state index contributed by atoms with van der Waals surface area (Å²) in [4.78, 5) is 32.7. The maximum Gasteiger partial charge on any atom is 0.431 e. The third-order valence-electron chi connectivity index (χ3n) is 5.72. The second-order valence-electron chi connectivity index (χ2n) is 8.62. The first-order chi connectivity index (χ1) is 19.9. The second-order valence-corrected chi connectivity index (χ2v) is 8.62. The topological polar surface area (TPSA) is 102 Å². The van der Waals surface area contributed by atoms with Crippen LogP contribution >= 0.6 is 0 Å². The average Bonchev–Trinajstić information content (AvgIpc) is 3.36. The van der Waals surface area contributed by atoms with Crippen molar-refractivity contribution in [2.45, 2.75) is 12.3 Å². The molecule has 0 bridgehead atoms. The van der Waals surface area contributed by atoms with Gasteiger partial charge in [-0.3, -0.25) is 24.7 Å². The number of hydrogen-bond acceptors (Lipinski definition) is 6. The number of alkyl halides is 3. The summed E-state index contributed by atoms with van der Waals surface area (Å²) in [7, 11) is 3.43. The van der Waals surface area contributed by atoms with Gasteiger partial charge in [-0.05, 0) is 18.2 Å². The van der Waals surface area contributed by atoms with Crippen molar-refractivity contribution in [2.75, 3.05) is 32.7 Å². The van der Waals surface area contributed by atoms with Gasteiger partial charge in [0.15, 0.2) is 5.82 Å². The zero-order valence-electron chi connectivity index (χ0n) is 22.9. The van der Waals surface area contributed by atoms with E-state index in [0.717, 1.165) is 32.0 Å². The summed E-state index contributed by atoms with van der Waals surface area (Å²) in [6.45, 7) is 0.640. The van der Waals surface area contributed by atoms with E-state index < -0.39 is 40.0 Å². The van der Waals surface area contributed by atoms with Crippen molar-refractivity contribution >= 4 is 23.7 Å². The Morgan fingerprint density at radius 1 is 1.07 bits per heavy atom. The summed E-state index contributed by atoms with van der Waals surface area (Å²) in [6.07, 6.45) is 17.3. The number of non-ortho nitro benzene ring substituents is 1. The predicted molar refractivity (Wildman–Crippen MR) is 149 cm³/mol. The number of nitrogens with zero attached hydrogens (tertiary/aromatic N) is 3. The number of rotatable bonds is 8. The van der Waals surface area contributed by atoms with Crippen LogP contribution < -0.4 is 4.90 Å². The van der Waals surface area contributed by atoms with Crippen molar-refractivity contribution in [3.8, 4) is 0 Å². The Morgan fingerprint density at radius 2 is 1.71 bits per heavy atom. The van der Waals surface area contributed by atoms with E-state index in [0.29, 0.717) is 23.5 Å². The number of urea groups is 1. The molecule has 0 aliphatic heterocycles. The minimum Gasteiger partial charge on any atom is -0.493 e. The van der Waals surface area contributed by atoms with Gasteiger partial charge >= 0.3 is 12.2 Å². The number of ether oxygens (including phenoxy) is 2. The Hall–Kier alpha value is -4.78. The van der Waals surface area contributed by atoms with E-state index in [-0.39, 0.29) is 23.4 Å². The zero-order chi connectivity index (χ0) is 31.3. The van der Waals surface area contributed by atoms with Crippen molar-refractivity contribution in [2.24, 2.45) is 5.92 Å². The smallest absolute Gasteiger partial charge is 0.431 e. The molecule has 1 aromatic carbocycles. The van der Waals surface area contributed by atoms with E-state index in [2.05, 4.69) is 12.2 Å². The van der Waals surface area contributed by atoms with Crippen LogP contribution in [0.5, 0.6) is 0 Å². The van der Waals surface area contributed by atoms with Crippen molar-refractivity contribution in [1.82, 2.24) is 4.90 Å². The van der Waals surface area contributed by atoms with Crippen molar-refractivity contribution < 1.29 is 41.5 Å². The van der Waals surface area contributed by atoms with Gasteiger partial charge in [0.25, 0.3) is 5.69 Å². The molecule has 1 unspecified atom stereocenters. The molecule has 13 heteroatoms. The third-order valence-corrected chi connectivity index (χ3v) is 5.72. The molecule has 0 N–H and O–H groups in total. The summed E-state index contributed by atoms with van der Waals surface area (Å²) in [5, 5.41) is 10.5. The molecular formula is C29H29F4N3O6. The average molecular weight is 592 g/mol. The number of aldehydes is 1. The van der Waals surface area contributed by atoms with Crippen LogP contribution in [0.1, 0.15) is 0 Å². The summed E-state index contributed by atoms with van der Waals surface area (Å²) in [5.41, 5.74) is -2.59. The van der Waals surface area contributed by atoms with Crippen LogP contribution in [0.25, 0.3) is 0 Å². The minimum atomic E-state index is -4.99. The van der Waals surface area contributed by atoms with Gasteiger partial charge in [0.1, 0.15) is 17.7 Å². The van der Waals surface area contributed by atoms with Gasteiger partial charge in [0.05, 0.1) is 29.4 Å². The lowest BCUT2D eigenvalue weighted by atomic mass is 10.1. The number of halogens is 4. The van der Waals surface area contributed by atoms with E-state index in [9.17, 15) is 37.3 Å². The second kappa shape index (κ2) is 15.9. The zero-order valence-corrected chi connectivity index (χ0v) is 22.9. The molecule has 0 spiro atoms. The lowest BCUT2D eigenvalue weighted by Crippen LogP contribution is -2.42. The lowest BCUT2D eigenvalue weighted by Gasteiger charge is -2.27. The fourth-order valence-corrected chi connectivity index (χ4v) is 3.52.